The second kappa shape index (κ2) is 9.09. The Labute approximate surface area is 92.2 Å². The smallest absolute Gasteiger partial charge is 0.0810 e. The molecule has 92 valence electrons. The summed E-state index contributed by atoms with van der Waals surface area (Å²) in [5, 5.41) is 18.0. The van der Waals surface area contributed by atoms with Crippen molar-refractivity contribution in [3.05, 3.63) is 0 Å². The first-order valence-corrected chi connectivity index (χ1v) is 5.62. The molecule has 3 unspecified atom stereocenters. The zero-order valence-electron chi connectivity index (χ0n) is 9.98. The van der Waals surface area contributed by atoms with Crippen molar-refractivity contribution in [2.24, 2.45) is 0 Å². The van der Waals surface area contributed by atoms with Gasteiger partial charge in [0.2, 0.25) is 0 Å². The quantitative estimate of drug-likeness (QED) is 0.607. The fourth-order valence-electron chi connectivity index (χ4n) is 1.30. The van der Waals surface area contributed by atoms with Gasteiger partial charge in [0.1, 0.15) is 0 Å². The van der Waals surface area contributed by atoms with E-state index in [2.05, 4.69) is 6.92 Å². The summed E-state index contributed by atoms with van der Waals surface area (Å²) >= 11 is 0. The molecule has 0 radical (unpaired) electrons. The molecular weight excluding hydrogens is 196 g/mol. The van der Waals surface area contributed by atoms with Crippen LogP contribution in [0.1, 0.15) is 33.6 Å². The van der Waals surface area contributed by atoms with Gasteiger partial charge in [-0.15, -0.1) is 0 Å². The highest BCUT2D eigenvalue weighted by Crippen LogP contribution is 2.05. The second-order valence-electron chi connectivity index (χ2n) is 3.93. The van der Waals surface area contributed by atoms with Crippen LogP contribution in [0.15, 0.2) is 0 Å². The molecule has 4 nitrogen and oxygen atoms in total. The first-order valence-electron chi connectivity index (χ1n) is 5.62. The summed E-state index contributed by atoms with van der Waals surface area (Å²) in [5.74, 6) is 0. The van der Waals surface area contributed by atoms with E-state index in [0.29, 0.717) is 13.2 Å². The van der Waals surface area contributed by atoms with Crippen LogP contribution in [0, 0.1) is 0 Å². The Bertz CT molecular complexity index is 139. The molecule has 0 aliphatic heterocycles. The van der Waals surface area contributed by atoms with E-state index < -0.39 is 6.10 Å². The van der Waals surface area contributed by atoms with Crippen LogP contribution in [-0.4, -0.2) is 48.3 Å². The fraction of sp³-hybridized carbons (Fsp3) is 1.00. The summed E-state index contributed by atoms with van der Waals surface area (Å²) in [6.45, 7) is 6.46. The van der Waals surface area contributed by atoms with E-state index in [0.717, 1.165) is 12.8 Å². The highest BCUT2D eigenvalue weighted by molar-refractivity contribution is 4.58. The third kappa shape index (κ3) is 8.81. The molecule has 0 saturated carbocycles. The lowest BCUT2D eigenvalue weighted by Crippen LogP contribution is -2.27. The van der Waals surface area contributed by atoms with Crippen LogP contribution in [-0.2, 0) is 9.47 Å². The van der Waals surface area contributed by atoms with Crippen LogP contribution >= 0.6 is 0 Å². The minimum atomic E-state index is -0.443. The summed E-state index contributed by atoms with van der Waals surface area (Å²) in [6, 6.07) is 0. The van der Waals surface area contributed by atoms with Crippen molar-refractivity contribution in [1.29, 1.82) is 0 Å². The number of aliphatic hydroxyl groups excluding tert-OH is 2. The van der Waals surface area contributed by atoms with Crippen LogP contribution in [0.2, 0.25) is 0 Å². The maximum atomic E-state index is 9.01. The van der Waals surface area contributed by atoms with E-state index in [1.165, 1.54) is 0 Å². The minimum Gasteiger partial charge on any atom is -0.394 e. The molecule has 3 atom stereocenters. The van der Waals surface area contributed by atoms with Crippen molar-refractivity contribution >= 4 is 0 Å². The molecule has 0 fully saturated rings. The monoisotopic (exact) mass is 220 g/mol. The SMILES string of the molecule is CCCC(CO)OC(C)COCC(C)O. The standard InChI is InChI=1S/C11H24O4/c1-4-5-11(6-12)15-10(3)8-14-7-9(2)13/h9-13H,4-8H2,1-3H3. The lowest BCUT2D eigenvalue weighted by molar-refractivity contribution is -0.0767. The molecule has 2 N–H and O–H groups in total. The van der Waals surface area contributed by atoms with Gasteiger partial charge in [-0.05, 0) is 20.3 Å². The molecule has 0 aromatic rings. The van der Waals surface area contributed by atoms with E-state index in [1.807, 2.05) is 6.92 Å². The summed E-state index contributed by atoms with van der Waals surface area (Å²) in [7, 11) is 0. The predicted molar refractivity (Wildman–Crippen MR) is 58.8 cm³/mol. The van der Waals surface area contributed by atoms with Crippen LogP contribution < -0.4 is 0 Å². The average Bonchev–Trinajstić information content (AvgIpc) is 2.16. The maximum absolute atomic E-state index is 9.01. The Morgan fingerprint density at radius 2 is 1.87 bits per heavy atom. The number of hydrogen-bond acceptors (Lipinski definition) is 4. The first kappa shape index (κ1) is 14.8. The van der Waals surface area contributed by atoms with Crippen LogP contribution in [0.25, 0.3) is 0 Å². The van der Waals surface area contributed by atoms with Gasteiger partial charge >= 0.3 is 0 Å². The van der Waals surface area contributed by atoms with Crippen molar-refractivity contribution in [3.63, 3.8) is 0 Å². The van der Waals surface area contributed by atoms with E-state index in [4.69, 9.17) is 19.7 Å². The highest BCUT2D eigenvalue weighted by atomic mass is 16.5. The molecule has 0 saturated heterocycles. The van der Waals surface area contributed by atoms with E-state index in [9.17, 15) is 0 Å². The molecule has 0 aliphatic carbocycles. The van der Waals surface area contributed by atoms with Crippen LogP contribution in [0.5, 0.6) is 0 Å². The van der Waals surface area contributed by atoms with Gasteiger partial charge in [-0.3, -0.25) is 0 Å². The fourth-order valence-corrected chi connectivity index (χ4v) is 1.30. The first-order chi connectivity index (χ1) is 7.10. The van der Waals surface area contributed by atoms with Gasteiger partial charge in [0.15, 0.2) is 0 Å². The summed E-state index contributed by atoms with van der Waals surface area (Å²) in [6.07, 6.45) is 1.26. The van der Waals surface area contributed by atoms with Crippen LogP contribution in [0.3, 0.4) is 0 Å². The predicted octanol–water partition coefficient (Wildman–Crippen LogP) is 0.950. The Balaban J connectivity index is 3.56. The third-order valence-corrected chi connectivity index (χ3v) is 1.95. The van der Waals surface area contributed by atoms with Gasteiger partial charge in [0.05, 0.1) is 38.1 Å². The summed E-state index contributed by atoms with van der Waals surface area (Å²) in [4.78, 5) is 0. The largest absolute Gasteiger partial charge is 0.394 e. The van der Waals surface area contributed by atoms with E-state index in [-0.39, 0.29) is 18.8 Å². The number of rotatable bonds is 9. The van der Waals surface area contributed by atoms with Gasteiger partial charge in [0, 0.05) is 0 Å². The summed E-state index contributed by atoms with van der Waals surface area (Å²) in [5.41, 5.74) is 0. The van der Waals surface area contributed by atoms with Gasteiger partial charge in [-0.25, -0.2) is 0 Å². The second-order valence-corrected chi connectivity index (χ2v) is 3.93. The average molecular weight is 220 g/mol. The molecular formula is C11H24O4. The van der Waals surface area contributed by atoms with Gasteiger partial charge in [-0.1, -0.05) is 13.3 Å². The molecule has 15 heavy (non-hydrogen) atoms. The molecule has 0 bridgehead atoms. The molecule has 0 aromatic heterocycles. The van der Waals surface area contributed by atoms with Crippen LogP contribution in [0.4, 0.5) is 0 Å². The van der Waals surface area contributed by atoms with E-state index >= 15 is 0 Å². The Morgan fingerprint density at radius 3 is 2.33 bits per heavy atom. The van der Waals surface area contributed by atoms with Gasteiger partial charge in [0.25, 0.3) is 0 Å². The molecule has 0 aliphatic rings. The topological polar surface area (TPSA) is 58.9 Å². The zero-order valence-corrected chi connectivity index (χ0v) is 9.98. The maximum Gasteiger partial charge on any atom is 0.0810 e. The van der Waals surface area contributed by atoms with Gasteiger partial charge < -0.3 is 19.7 Å². The molecule has 0 rings (SSSR count). The molecule has 0 spiro atoms. The molecule has 0 heterocycles. The van der Waals surface area contributed by atoms with E-state index in [1.54, 1.807) is 6.92 Å². The number of ether oxygens (including phenoxy) is 2. The number of aliphatic hydroxyl groups is 2. The normalized spacial score (nSPS) is 17.4. The highest BCUT2D eigenvalue weighted by Gasteiger charge is 2.11. The zero-order chi connectivity index (χ0) is 11.7. The van der Waals surface area contributed by atoms with Gasteiger partial charge in [-0.2, -0.15) is 0 Å². The lowest BCUT2D eigenvalue weighted by atomic mass is 10.2. The Hall–Kier alpha value is -0.160. The summed E-state index contributed by atoms with van der Waals surface area (Å²) < 4.78 is 10.8. The third-order valence-electron chi connectivity index (χ3n) is 1.95. The van der Waals surface area contributed by atoms with Crippen molar-refractivity contribution < 1.29 is 19.7 Å². The minimum absolute atomic E-state index is 0.0487. The molecule has 4 heteroatoms. The van der Waals surface area contributed by atoms with Crippen molar-refractivity contribution in [2.75, 3.05) is 19.8 Å². The molecule has 0 aromatic carbocycles. The van der Waals surface area contributed by atoms with Crippen molar-refractivity contribution in [1.82, 2.24) is 0 Å². The number of hydrogen-bond donors (Lipinski definition) is 2. The van der Waals surface area contributed by atoms with Crippen molar-refractivity contribution in [3.8, 4) is 0 Å². The molecule has 0 amide bonds. The lowest BCUT2D eigenvalue weighted by Gasteiger charge is -2.20. The Kier molecular flexibility index (Phi) is 9.00. The van der Waals surface area contributed by atoms with Crippen molar-refractivity contribution in [2.45, 2.75) is 51.9 Å². The Morgan fingerprint density at radius 1 is 1.20 bits per heavy atom.